The third-order valence-corrected chi connectivity index (χ3v) is 2.35. The first-order valence-corrected chi connectivity index (χ1v) is 5.63. The normalized spacial score (nSPS) is 12.1. The minimum absolute atomic E-state index is 0.00488. The summed E-state index contributed by atoms with van der Waals surface area (Å²) >= 11 is 0. The maximum absolute atomic E-state index is 11.6. The van der Waals surface area contributed by atoms with Crippen molar-refractivity contribution in [2.24, 2.45) is 0 Å². The van der Waals surface area contributed by atoms with Crippen molar-refractivity contribution < 1.29 is 9.53 Å². The van der Waals surface area contributed by atoms with Crippen molar-refractivity contribution in [1.29, 1.82) is 0 Å². The molecule has 0 aromatic carbocycles. The number of rotatable bonds is 7. The summed E-state index contributed by atoms with van der Waals surface area (Å²) < 4.78 is 4.87. The summed E-state index contributed by atoms with van der Waals surface area (Å²) in [7, 11) is 1.63. The summed E-state index contributed by atoms with van der Waals surface area (Å²) in [6, 6.07) is 3.78. The fourth-order valence-corrected chi connectivity index (χ4v) is 1.40. The summed E-state index contributed by atoms with van der Waals surface area (Å²) in [5.74, 6) is -0.0228. The van der Waals surface area contributed by atoms with Crippen LogP contribution in [0.2, 0.25) is 0 Å². The second-order valence-electron chi connectivity index (χ2n) is 3.74. The van der Waals surface area contributed by atoms with Gasteiger partial charge in [0, 0.05) is 26.0 Å². The van der Waals surface area contributed by atoms with Gasteiger partial charge in [0.05, 0.1) is 19.2 Å². The highest BCUT2D eigenvalue weighted by molar-refractivity contribution is 5.78. The SMILES string of the molecule is COCCNCC(=O)N[C@H](C)c1ccncc1. The highest BCUT2D eigenvalue weighted by Crippen LogP contribution is 2.09. The minimum Gasteiger partial charge on any atom is -0.383 e. The van der Waals surface area contributed by atoms with Crippen LogP contribution in [0.25, 0.3) is 0 Å². The molecule has 0 aliphatic rings. The molecule has 1 atom stereocenters. The molecule has 1 aromatic rings. The Morgan fingerprint density at radius 2 is 2.18 bits per heavy atom. The Morgan fingerprint density at radius 1 is 1.47 bits per heavy atom. The number of nitrogens with zero attached hydrogens (tertiary/aromatic N) is 1. The molecule has 0 saturated heterocycles. The molecule has 1 rings (SSSR count). The number of hydrogen-bond donors (Lipinski definition) is 2. The molecular weight excluding hydrogens is 218 g/mol. The third kappa shape index (κ3) is 5.42. The predicted molar refractivity (Wildman–Crippen MR) is 65.5 cm³/mol. The molecule has 0 saturated carbocycles. The van der Waals surface area contributed by atoms with Crippen LogP contribution in [0.5, 0.6) is 0 Å². The summed E-state index contributed by atoms with van der Waals surface area (Å²) in [5, 5.41) is 5.90. The lowest BCUT2D eigenvalue weighted by molar-refractivity contribution is -0.120. The van der Waals surface area contributed by atoms with E-state index in [0.29, 0.717) is 19.7 Å². The van der Waals surface area contributed by atoms with Crippen molar-refractivity contribution in [1.82, 2.24) is 15.6 Å². The van der Waals surface area contributed by atoms with Gasteiger partial charge in [0.1, 0.15) is 0 Å². The van der Waals surface area contributed by atoms with E-state index in [2.05, 4.69) is 15.6 Å². The summed E-state index contributed by atoms with van der Waals surface area (Å²) in [6.07, 6.45) is 3.43. The van der Waals surface area contributed by atoms with E-state index in [9.17, 15) is 4.79 Å². The lowest BCUT2D eigenvalue weighted by atomic mass is 10.1. The van der Waals surface area contributed by atoms with Crippen molar-refractivity contribution >= 4 is 5.91 Å². The molecule has 1 amide bonds. The van der Waals surface area contributed by atoms with Gasteiger partial charge >= 0.3 is 0 Å². The molecule has 0 unspecified atom stereocenters. The second-order valence-corrected chi connectivity index (χ2v) is 3.74. The van der Waals surface area contributed by atoms with Crippen LogP contribution in [0, 0.1) is 0 Å². The number of aromatic nitrogens is 1. The van der Waals surface area contributed by atoms with Gasteiger partial charge in [0.15, 0.2) is 0 Å². The van der Waals surface area contributed by atoms with Crippen molar-refractivity contribution in [2.45, 2.75) is 13.0 Å². The zero-order valence-electron chi connectivity index (χ0n) is 10.3. The van der Waals surface area contributed by atoms with E-state index in [1.54, 1.807) is 19.5 Å². The van der Waals surface area contributed by atoms with E-state index in [1.165, 1.54) is 0 Å². The van der Waals surface area contributed by atoms with Crippen molar-refractivity contribution in [3.63, 3.8) is 0 Å². The number of carbonyl (C=O) groups excluding carboxylic acids is 1. The number of pyridine rings is 1. The Bertz CT molecular complexity index is 330. The molecule has 5 heteroatoms. The number of nitrogens with one attached hydrogen (secondary N) is 2. The Morgan fingerprint density at radius 3 is 2.82 bits per heavy atom. The maximum atomic E-state index is 11.6. The average molecular weight is 237 g/mol. The first-order chi connectivity index (χ1) is 8.24. The quantitative estimate of drug-likeness (QED) is 0.678. The molecule has 5 nitrogen and oxygen atoms in total. The third-order valence-electron chi connectivity index (χ3n) is 2.35. The van der Waals surface area contributed by atoms with E-state index in [0.717, 1.165) is 5.56 Å². The van der Waals surface area contributed by atoms with Crippen LogP contribution in [0.15, 0.2) is 24.5 Å². The van der Waals surface area contributed by atoms with Gasteiger partial charge in [-0.05, 0) is 24.6 Å². The van der Waals surface area contributed by atoms with Gasteiger partial charge in [-0.25, -0.2) is 0 Å². The van der Waals surface area contributed by atoms with Gasteiger partial charge < -0.3 is 15.4 Å². The van der Waals surface area contributed by atoms with Gasteiger partial charge in [-0.15, -0.1) is 0 Å². The fraction of sp³-hybridized carbons (Fsp3) is 0.500. The molecule has 1 heterocycles. The van der Waals surface area contributed by atoms with Crippen LogP contribution < -0.4 is 10.6 Å². The zero-order valence-corrected chi connectivity index (χ0v) is 10.3. The number of ether oxygens (including phenoxy) is 1. The monoisotopic (exact) mass is 237 g/mol. The number of hydrogen-bond acceptors (Lipinski definition) is 4. The minimum atomic E-state index is -0.0228. The first kappa shape index (κ1) is 13.6. The van der Waals surface area contributed by atoms with E-state index in [4.69, 9.17) is 4.74 Å². The van der Waals surface area contributed by atoms with Crippen LogP contribution in [-0.4, -0.2) is 37.7 Å². The first-order valence-electron chi connectivity index (χ1n) is 5.63. The molecule has 0 aliphatic carbocycles. The summed E-state index contributed by atoms with van der Waals surface area (Å²) in [5.41, 5.74) is 1.05. The maximum Gasteiger partial charge on any atom is 0.234 e. The van der Waals surface area contributed by atoms with Gasteiger partial charge in [0.2, 0.25) is 5.91 Å². The molecule has 0 bridgehead atoms. The lowest BCUT2D eigenvalue weighted by Crippen LogP contribution is -2.36. The molecule has 0 aliphatic heterocycles. The van der Waals surface area contributed by atoms with Gasteiger partial charge in [-0.2, -0.15) is 0 Å². The Hall–Kier alpha value is -1.46. The number of amides is 1. The summed E-state index contributed by atoms with van der Waals surface area (Å²) in [6.45, 7) is 3.53. The average Bonchev–Trinajstić information content (AvgIpc) is 2.36. The lowest BCUT2D eigenvalue weighted by Gasteiger charge is -2.14. The van der Waals surface area contributed by atoms with E-state index >= 15 is 0 Å². The molecule has 0 fully saturated rings. The number of carbonyl (C=O) groups is 1. The van der Waals surface area contributed by atoms with Crippen molar-refractivity contribution in [3.8, 4) is 0 Å². The largest absolute Gasteiger partial charge is 0.383 e. The van der Waals surface area contributed by atoms with Crippen LogP contribution in [-0.2, 0) is 9.53 Å². The standard InChI is InChI=1S/C12H19N3O2/c1-10(11-3-5-13-6-4-11)15-12(16)9-14-7-8-17-2/h3-6,10,14H,7-9H2,1-2H3,(H,15,16)/t10-/m1/s1. The highest BCUT2D eigenvalue weighted by atomic mass is 16.5. The second kappa shape index (κ2) is 7.76. The van der Waals surface area contributed by atoms with Crippen LogP contribution >= 0.6 is 0 Å². The smallest absolute Gasteiger partial charge is 0.234 e. The topological polar surface area (TPSA) is 63.2 Å². The van der Waals surface area contributed by atoms with E-state index in [1.807, 2.05) is 19.1 Å². The van der Waals surface area contributed by atoms with Gasteiger partial charge in [-0.1, -0.05) is 0 Å². The van der Waals surface area contributed by atoms with Crippen molar-refractivity contribution in [2.75, 3.05) is 26.8 Å². The predicted octanol–water partition coefficient (Wildman–Crippen LogP) is 0.495. The van der Waals surface area contributed by atoms with Crippen LogP contribution in [0.1, 0.15) is 18.5 Å². The number of methoxy groups -OCH3 is 1. The highest BCUT2D eigenvalue weighted by Gasteiger charge is 2.08. The fourth-order valence-electron chi connectivity index (χ4n) is 1.40. The molecule has 17 heavy (non-hydrogen) atoms. The molecule has 2 N–H and O–H groups in total. The summed E-state index contributed by atoms with van der Waals surface area (Å²) in [4.78, 5) is 15.5. The van der Waals surface area contributed by atoms with Crippen LogP contribution in [0.4, 0.5) is 0 Å². The molecule has 94 valence electrons. The molecule has 1 aromatic heterocycles. The van der Waals surface area contributed by atoms with Gasteiger partial charge in [-0.3, -0.25) is 9.78 Å². The van der Waals surface area contributed by atoms with Crippen molar-refractivity contribution in [3.05, 3.63) is 30.1 Å². The van der Waals surface area contributed by atoms with E-state index in [-0.39, 0.29) is 11.9 Å². The Kier molecular flexibility index (Phi) is 6.21. The Balaban J connectivity index is 2.26. The molecular formula is C12H19N3O2. The Labute approximate surface area is 102 Å². The van der Waals surface area contributed by atoms with E-state index < -0.39 is 0 Å². The zero-order chi connectivity index (χ0) is 12.5. The molecule has 0 spiro atoms. The molecule has 0 radical (unpaired) electrons. The van der Waals surface area contributed by atoms with Gasteiger partial charge in [0.25, 0.3) is 0 Å². The van der Waals surface area contributed by atoms with Crippen LogP contribution in [0.3, 0.4) is 0 Å².